The summed E-state index contributed by atoms with van der Waals surface area (Å²) in [7, 11) is 0. The Labute approximate surface area is 115 Å². The molecule has 7 heteroatoms. The topological polar surface area (TPSA) is 116 Å². The van der Waals surface area contributed by atoms with E-state index in [0.29, 0.717) is 5.69 Å². The van der Waals surface area contributed by atoms with Crippen LogP contribution in [0.25, 0.3) is 0 Å². The van der Waals surface area contributed by atoms with Crippen LogP contribution in [-0.4, -0.2) is 34.2 Å². The lowest BCUT2D eigenvalue weighted by Gasteiger charge is -2.14. The summed E-state index contributed by atoms with van der Waals surface area (Å²) in [5, 5.41) is 22.1. The number of nitrogens with one attached hydrogen (secondary N) is 2. The monoisotopic (exact) mass is 280 g/mol. The van der Waals surface area contributed by atoms with Crippen LogP contribution < -0.4 is 10.6 Å². The molecule has 7 nitrogen and oxygen atoms in total. The van der Waals surface area contributed by atoms with Crippen molar-refractivity contribution in [1.82, 2.24) is 5.32 Å². The Hall–Kier alpha value is -2.57. The van der Waals surface area contributed by atoms with Crippen molar-refractivity contribution in [2.75, 3.05) is 5.32 Å². The van der Waals surface area contributed by atoms with Crippen molar-refractivity contribution >= 4 is 23.7 Å². The van der Waals surface area contributed by atoms with Gasteiger partial charge in [-0.3, -0.25) is 4.79 Å². The number of rotatable bonds is 6. The molecule has 1 aromatic carbocycles. The van der Waals surface area contributed by atoms with Crippen molar-refractivity contribution < 1.29 is 24.6 Å². The lowest BCUT2D eigenvalue weighted by molar-refractivity contribution is -0.140. The number of aliphatic carboxylic acids is 2. The third-order valence-corrected chi connectivity index (χ3v) is 2.56. The number of hydrogen-bond donors (Lipinski definition) is 4. The molecule has 2 amide bonds. The molecule has 108 valence electrons. The minimum atomic E-state index is -1.27. The van der Waals surface area contributed by atoms with Crippen LogP contribution in [-0.2, 0) is 9.59 Å². The van der Waals surface area contributed by atoms with Gasteiger partial charge in [-0.1, -0.05) is 17.7 Å². The first-order chi connectivity index (χ1) is 9.38. The van der Waals surface area contributed by atoms with E-state index >= 15 is 0 Å². The highest BCUT2D eigenvalue weighted by atomic mass is 16.4. The number of aryl methyl sites for hydroxylation is 1. The predicted molar refractivity (Wildman–Crippen MR) is 71.6 cm³/mol. The van der Waals surface area contributed by atoms with Gasteiger partial charge in [-0.05, 0) is 25.5 Å². The third-order valence-electron chi connectivity index (χ3n) is 2.56. The van der Waals surface area contributed by atoms with Gasteiger partial charge in [0.25, 0.3) is 0 Å². The van der Waals surface area contributed by atoms with Crippen LogP contribution in [0.5, 0.6) is 0 Å². The molecule has 0 radical (unpaired) electrons. The summed E-state index contributed by atoms with van der Waals surface area (Å²) in [6.07, 6.45) is -0.506. The second-order valence-electron chi connectivity index (χ2n) is 4.29. The molecule has 1 rings (SSSR count). The minimum absolute atomic E-state index is 0.175. The predicted octanol–water partition coefficient (Wildman–Crippen LogP) is 1.43. The molecular weight excluding hydrogens is 264 g/mol. The van der Waals surface area contributed by atoms with Gasteiger partial charge in [-0.2, -0.15) is 0 Å². The highest BCUT2D eigenvalue weighted by Crippen LogP contribution is 2.08. The standard InChI is InChI=1S/C13H16N2O5/c1-8-2-4-9(5-3-8)14-13(20)15-10(12(18)19)6-7-11(16)17/h2-5,10H,6-7H2,1H3,(H,16,17)(H,18,19)(H2,14,15,20). The maximum absolute atomic E-state index is 11.6. The maximum Gasteiger partial charge on any atom is 0.326 e. The maximum atomic E-state index is 11.6. The first-order valence-electron chi connectivity index (χ1n) is 5.97. The molecule has 0 aliphatic rings. The fraction of sp³-hybridized carbons (Fsp3) is 0.308. The average Bonchev–Trinajstić information content (AvgIpc) is 2.36. The van der Waals surface area contributed by atoms with Crippen molar-refractivity contribution in [3.63, 3.8) is 0 Å². The summed E-state index contributed by atoms with van der Waals surface area (Å²) in [4.78, 5) is 32.9. The SMILES string of the molecule is Cc1ccc(NC(=O)NC(CCC(=O)O)C(=O)O)cc1. The molecule has 0 spiro atoms. The van der Waals surface area contributed by atoms with Crippen molar-refractivity contribution in [3.8, 4) is 0 Å². The number of amides is 2. The Kier molecular flexibility index (Phi) is 5.52. The zero-order valence-electron chi connectivity index (χ0n) is 10.9. The van der Waals surface area contributed by atoms with Gasteiger partial charge >= 0.3 is 18.0 Å². The number of carboxylic acid groups (broad SMARTS) is 2. The molecular formula is C13H16N2O5. The highest BCUT2D eigenvalue weighted by Gasteiger charge is 2.20. The molecule has 0 aliphatic carbocycles. The van der Waals surface area contributed by atoms with Crippen LogP contribution in [0.2, 0.25) is 0 Å². The molecule has 1 atom stereocenters. The van der Waals surface area contributed by atoms with E-state index in [4.69, 9.17) is 10.2 Å². The fourth-order valence-electron chi connectivity index (χ4n) is 1.49. The number of carboxylic acids is 2. The molecule has 1 aromatic rings. The second kappa shape index (κ2) is 7.13. The van der Waals surface area contributed by atoms with E-state index in [9.17, 15) is 14.4 Å². The third kappa shape index (κ3) is 5.38. The second-order valence-corrected chi connectivity index (χ2v) is 4.29. The average molecular weight is 280 g/mol. The Balaban J connectivity index is 2.55. The number of carbonyl (C=O) groups is 3. The number of benzene rings is 1. The van der Waals surface area contributed by atoms with Gasteiger partial charge in [-0.15, -0.1) is 0 Å². The molecule has 1 unspecified atom stereocenters. The summed E-state index contributed by atoms with van der Waals surface area (Å²) >= 11 is 0. The smallest absolute Gasteiger partial charge is 0.326 e. The van der Waals surface area contributed by atoms with Crippen LogP contribution in [0.3, 0.4) is 0 Å². The van der Waals surface area contributed by atoms with Crippen LogP contribution in [0, 0.1) is 6.92 Å². The van der Waals surface area contributed by atoms with Gasteiger partial charge in [0, 0.05) is 12.1 Å². The van der Waals surface area contributed by atoms with E-state index in [-0.39, 0.29) is 12.8 Å². The summed E-state index contributed by atoms with van der Waals surface area (Å²) in [6, 6.07) is 5.04. The van der Waals surface area contributed by atoms with E-state index in [1.54, 1.807) is 24.3 Å². The van der Waals surface area contributed by atoms with Gasteiger partial charge in [0.1, 0.15) is 6.04 Å². The van der Waals surface area contributed by atoms with Crippen LogP contribution in [0.1, 0.15) is 18.4 Å². The largest absolute Gasteiger partial charge is 0.481 e. The normalized spacial score (nSPS) is 11.4. The number of hydrogen-bond acceptors (Lipinski definition) is 3. The van der Waals surface area contributed by atoms with Crippen LogP contribution >= 0.6 is 0 Å². The van der Waals surface area contributed by atoms with Crippen LogP contribution in [0.4, 0.5) is 10.5 Å². The molecule has 0 saturated heterocycles. The van der Waals surface area contributed by atoms with Gasteiger partial charge in [-0.25, -0.2) is 9.59 Å². The van der Waals surface area contributed by atoms with Crippen molar-refractivity contribution in [2.45, 2.75) is 25.8 Å². The fourth-order valence-corrected chi connectivity index (χ4v) is 1.49. The van der Waals surface area contributed by atoms with Gasteiger partial charge < -0.3 is 20.8 Å². The molecule has 0 heterocycles. The van der Waals surface area contributed by atoms with Gasteiger partial charge in [0.05, 0.1) is 0 Å². The van der Waals surface area contributed by atoms with E-state index < -0.39 is 24.0 Å². The first kappa shape index (κ1) is 15.5. The zero-order chi connectivity index (χ0) is 15.1. The Morgan fingerprint density at radius 1 is 1.15 bits per heavy atom. The summed E-state index contributed by atoms with van der Waals surface area (Å²) < 4.78 is 0. The molecule has 0 saturated carbocycles. The molecule has 0 aliphatic heterocycles. The molecule has 0 bridgehead atoms. The molecule has 20 heavy (non-hydrogen) atoms. The number of carbonyl (C=O) groups excluding carboxylic acids is 1. The van der Waals surface area contributed by atoms with Crippen molar-refractivity contribution in [3.05, 3.63) is 29.8 Å². The lowest BCUT2D eigenvalue weighted by Crippen LogP contribution is -2.43. The van der Waals surface area contributed by atoms with E-state index in [2.05, 4.69) is 10.6 Å². The van der Waals surface area contributed by atoms with Crippen LogP contribution in [0.15, 0.2) is 24.3 Å². The van der Waals surface area contributed by atoms with E-state index in [0.717, 1.165) is 5.56 Å². The van der Waals surface area contributed by atoms with E-state index in [1.807, 2.05) is 6.92 Å². The number of urea groups is 1. The quantitative estimate of drug-likeness (QED) is 0.629. The first-order valence-corrected chi connectivity index (χ1v) is 5.97. The minimum Gasteiger partial charge on any atom is -0.481 e. The Bertz CT molecular complexity index is 498. The molecule has 4 N–H and O–H groups in total. The van der Waals surface area contributed by atoms with Crippen molar-refractivity contribution in [1.29, 1.82) is 0 Å². The van der Waals surface area contributed by atoms with E-state index in [1.165, 1.54) is 0 Å². The lowest BCUT2D eigenvalue weighted by atomic mass is 10.1. The van der Waals surface area contributed by atoms with Crippen molar-refractivity contribution in [2.24, 2.45) is 0 Å². The summed E-state index contributed by atoms with van der Waals surface area (Å²) in [5.41, 5.74) is 1.55. The zero-order valence-corrected chi connectivity index (χ0v) is 10.9. The Morgan fingerprint density at radius 3 is 2.25 bits per heavy atom. The summed E-state index contributed by atoms with van der Waals surface area (Å²) in [6.45, 7) is 1.90. The van der Waals surface area contributed by atoms with Gasteiger partial charge in [0.15, 0.2) is 0 Å². The molecule has 0 aromatic heterocycles. The summed E-state index contributed by atoms with van der Waals surface area (Å²) in [5.74, 6) is -2.39. The number of anilines is 1. The highest BCUT2D eigenvalue weighted by molar-refractivity contribution is 5.92. The Morgan fingerprint density at radius 2 is 1.75 bits per heavy atom. The molecule has 0 fully saturated rings. The van der Waals surface area contributed by atoms with Gasteiger partial charge in [0.2, 0.25) is 0 Å².